The minimum absolute atomic E-state index is 0.172. The number of alkyl halides is 3. The van der Waals surface area contributed by atoms with Gasteiger partial charge in [-0.2, -0.15) is 24.9 Å². The summed E-state index contributed by atoms with van der Waals surface area (Å²) >= 11 is 1.44. The van der Waals surface area contributed by atoms with E-state index in [1.54, 1.807) is 45.0 Å². The molecule has 4 aromatic rings. The van der Waals surface area contributed by atoms with Crippen molar-refractivity contribution < 1.29 is 41.1 Å². The number of hydrogen-bond acceptors (Lipinski definition) is 8. The Hall–Kier alpha value is -3.93. The molecule has 2 heterocycles. The van der Waals surface area contributed by atoms with Crippen molar-refractivity contribution in [2.24, 2.45) is 0 Å². The Bertz CT molecular complexity index is 1590. The third-order valence-corrected chi connectivity index (χ3v) is 6.24. The summed E-state index contributed by atoms with van der Waals surface area (Å²) in [6.07, 6.45) is -3.83. The molecule has 0 aliphatic carbocycles. The number of fused-ring (bicyclic) bond motifs is 2. The number of esters is 1. The largest absolute Gasteiger partial charge is 0.456 e. The van der Waals surface area contributed by atoms with Crippen LogP contribution < -0.4 is 15.5 Å². The first-order valence-corrected chi connectivity index (χ1v) is 13.5. The molecule has 4 rings (SSSR count). The van der Waals surface area contributed by atoms with Gasteiger partial charge in [0.15, 0.2) is 0 Å². The summed E-state index contributed by atoms with van der Waals surface area (Å²) in [6, 6.07) is 10.3. The van der Waals surface area contributed by atoms with Crippen molar-refractivity contribution in [2.45, 2.75) is 45.0 Å². The van der Waals surface area contributed by atoms with Gasteiger partial charge >= 0.3 is 18.2 Å². The van der Waals surface area contributed by atoms with Crippen LogP contribution in [0, 0.1) is 0 Å². The SMILES string of the molecule is CSCC[C@H](NC(=O)OC(C)(C)C)C(=O)Oc1ccc2c(=O)c(-c3cc4ccccc4o3)c(C(F)(F)F)oc2c1. The fourth-order valence-corrected chi connectivity index (χ4v) is 4.36. The monoisotopic (exact) mass is 577 g/mol. The molecule has 0 unspecified atom stereocenters. The van der Waals surface area contributed by atoms with Gasteiger partial charge in [-0.1, -0.05) is 18.2 Å². The zero-order chi connectivity index (χ0) is 29.2. The standard InChI is InChI=1S/C28H26F3NO7S/c1-27(2,3)39-26(35)32-18(11-12-40-4)25(34)36-16-9-10-17-20(14-16)38-24(28(29,30)31)22(23(17)33)21-13-15-7-5-6-8-19(15)37-21/h5-10,13-14,18H,11-12H2,1-4H3,(H,32,35)/t18-/m0/s1. The zero-order valence-electron chi connectivity index (χ0n) is 22.0. The molecule has 0 aliphatic rings. The number of benzene rings is 2. The summed E-state index contributed by atoms with van der Waals surface area (Å²) in [5.74, 6) is -2.37. The Morgan fingerprint density at radius 2 is 1.75 bits per heavy atom. The van der Waals surface area contributed by atoms with Crippen molar-refractivity contribution in [3.63, 3.8) is 0 Å². The van der Waals surface area contributed by atoms with E-state index >= 15 is 0 Å². The highest BCUT2D eigenvalue weighted by molar-refractivity contribution is 7.98. The summed E-state index contributed by atoms with van der Waals surface area (Å²) < 4.78 is 63.5. The van der Waals surface area contributed by atoms with Gasteiger partial charge in [0, 0.05) is 11.5 Å². The van der Waals surface area contributed by atoms with Crippen LogP contribution in [0.5, 0.6) is 5.75 Å². The maximum absolute atomic E-state index is 14.1. The third kappa shape index (κ3) is 6.61. The molecule has 0 spiro atoms. The molecule has 0 saturated carbocycles. The summed E-state index contributed by atoms with van der Waals surface area (Å²) in [6.45, 7) is 5.00. The molecular weight excluding hydrogens is 551 g/mol. The molecular formula is C28H26F3NO7S. The summed E-state index contributed by atoms with van der Waals surface area (Å²) in [5, 5.41) is 2.80. The third-order valence-electron chi connectivity index (χ3n) is 5.60. The number of hydrogen-bond donors (Lipinski definition) is 1. The number of alkyl carbamates (subject to hydrolysis) is 1. The van der Waals surface area contributed by atoms with E-state index in [1.807, 2.05) is 6.26 Å². The lowest BCUT2D eigenvalue weighted by Crippen LogP contribution is -2.45. The normalized spacial score (nSPS) is 12.9. The number of rotatable bonds is 7. The van der Waals surface area contributed by atoms with Gasteiger partial charge in [-0.25, -0.2) is 9.59 Å². The smallest absolute Gasteiger partial charge is 0.450 e. The number of thioether (sulfide) groups is 1. The average Bonchev–Trinajstić information content (AvgIpc) is 3.28. The van der Waals surface area contributed by atoms with Crippen LogP contribution >= 0.6 is 11.8 Å². The van der Waals surface area contributed by atoms with Crippen molar-refractivity contribution in [1.82, 2.24) is 5.32 Å². The Morgan fingerprint density at radius 3 is 2.40 bits per heavy atom. The fraction of sp³-hybridized carbons (Fsp3) is 0.321. The molecule has 0 aliphatic heterocycles. The number of amides is 1. The quantitative estimate of drug-likeness (QED) is 0.189. The second-order valence-electron chi connectivity index (χ2n) is 9.84. The first-order chi connectivity index (χ1) is 18.8. The van der Waals surface area contributed by atoms with E-state index in [0.717, 1.165) is 6.07 Å². The van der Waals surface area contributed by atoms with E-state index in [0.29, 0.717) is 16.7 Å². The van der Waals surface area contributed by atoms with Gasteiger partial charge in [-0.05, 0) is 63.5 Å². The van der Waals surface area contributed by atoms with Gasteiger partial charge in [0.1, 0.15) is 39.9 Å². The zero-order valence-corrected chi connectivity index (χ0v) is 22.8. The van der Waals surface area contributed by atoms with E-state index in [9.17, 15) is 27.6 Å². The second-order valence-corrected chi connectivity index (χ2v) is 10.8. The molecule has 2 aromatic carbocycles. The van der Waals surface area contributed by atoms with Crippen molar-refractivity contribution in [1.29, 1.82) is 0 Å². The Morgan fingerprint density at radius 1 is 1.02 bits per heavy atom. The highest BCUT2D eigenvalue weighted by Crippen LogP contribution is 2.39. The number of furan rings is 1. The highest BCUT2D eigenvalue weighted by atomic mass is 32.2. The highest BCUT2D eigenvalue weighted by Gasteiger charge is 2.40. The predicted octanol–water partition coefficient (Wildman–Crippen LogP) is 6.78. The van der Waals surface area contributed by atoms with E-state index in [-0.39, 0.29) is 23.3 Å². The van der Waals surface area contributed by atoms with E-state index < -0.39 is 52.2 Å². The number of halogens is 3. The first kappa shape index (κ1) is 29.1. The first-order valence-electron chi connectivity index (χ1n) is 12.1. The molecule has 1 N–H and O–H groups in total. The minimum Gasteiger partial charge on any atom is -0.456 e. The summed E-state index contributed by atoms with van der Waals surface area (Å²) in [7, 11) is 0. The number of nitrogens with one attached hydrogen (secondary N) is 1. The summed E-state index contributed by atoms with van der Waals surface area (Å²) in [5.41, 5.74) is -2.66. The number of carbonyl (C=O) groups excluding carboxylic acids is 2. The molecule has 0 radical (unpaired) electrons. The lowest BCUT2D eigenvalue weighted by molar-refractivity contribution is -0.152. The van der Waals surface area contributed by atoms with Crippen molar-refractivity contribution in [3.8, 4) is 17.1 Å². The second kappa shape index (κ2) is 11.3. The van der Waals surface area contributed by atoms with Gasteiger partial charge in [0.25, 0.3) is 0 Å². The number of ether oxygens (including phenoxy) is 2. The Labute approximate surface area is 230 Å². The minimum atomic E-state index is -5.03. The van der Waals surface area contributed by atoms with Gasteiger partial charge in [0.2, 0.25) is 11.2 Å². The molecule has 0 bridgehead atoms. The van der Waals surface area contributed by atoms with E-state index in [1.165, 1.54) is 30.0 Å². The van der Waals surface area contributed by atoms with Crippen LogP contribution in [0.1, 0.15) is 33.0 Å². The van der Waals surface area contributed by atoms with Crippen molar-refractivity contribution in [2.75, 3.05) is 12.0 Å². The molecule has 0 saturated heterocycles. The topological polar surface area (TPSA) is 108 Å². The van der Waals surface area contributed by atoms with Crippen LogP contribution in [0.25, 0.3) is 33.3 Å². The fourth-order valence-electron chi connectivity index (χ4n) is 3.89. The maximum atomic E-state index is 14.1. The molecule has 0 fully saturated rings. The van der Waals surface area contributed by atoms with Crippen LogP contribution in [0.15, 0.2) is 62.2 Å². The Kier molecular flexibility index (Phi) is 8.20. The van der Waals surface area contributed by atoms with Gasteiger partial charge < -0.3 is 23.6 Å². The predicted molar refractivity (Wildman–Crippen MR) is 144 cm³/mol. The van der Waals surface area contributed by atoms with Crippen LogP contribution in [0.4, 0.5) is 18.0 Å². The molecule has 2 aromatic heterocycles. The van der Waals surface area contributed by atoms with Crippen LogP contribution in [0.2, 0.25) is 0 Å². The van der Waals surface area contributed by atoms with Crippen molar-refractivity contribution in [3.05, 3.63) is 64.5 Å². The molecule has 1 atom stereocenters. The summed E-state index contributed by atoms with van der Waals surface area (Å²) in [4.78, 5) is 38.4. The van der Waals surface area contributed by atoms with Crippen LogP contribution in [0.3, 0.4) is 0 Å². The lowest BCUT2D eigenvalue weighted by atomic mass is 10.1. The molecule has 212 valence electrons. The molecule has 8 nitrogen and oxygen atoms in total. The lowest BCUT2D eigenvalue weighted by Gasteiger charge is -2.22. The number of para-hydroxylation sites is 1. The van der Waals surface area contributed by atoms with Gasteiger partial charge in [-0.3, -0.25) is 4.79 Å². The van der Waals surface area contributed by atoms with Crippen LogP contribution in [-0.4, -0.2) is 35.7 Å². The van der Waals surface area contributed by atoms with Crippen LogP contribution in [-0.2, 0) is 15.7 Å². The van der Waals surface area contributed by atoms with Crippen molar-refractivity contribution >= 4 is 45.8 Å². The Balaban J connectivity index is 1.69. The van der Waals surface area contributed by atoms with E-state index in [4.69, 9.17) is 18.3 Å². The van der Waals surface area contributed by atoms with E-state index in [2.05, 4.69) is 5.32 Å². The molecule has 40 heavy (non-hydrogen) atoms. The molecule has 1 amide bonds. The van der Waals surface area contributed by atoms with Gasteiger partial charge in [-0.15, -0.1) is 0 Å². The van der Waals surface area contributed by atoms with Gasteiger partial charge in [0.05, 0.1) is 5.39 Å². The number of carbonyl (C=O) groups is 2. The molecule has 12 heteroatoms. The maximum Gasteiger partial charge on any atom is 0.450 e. The average molecular weight is 578 g/mol.